The summed E-state index contributed by atoms with van der Waals surface area (Å²) in [5, 5.41) is 12.5. The molecule has 1 saturated heterocycles. The third-order valence-corrected chi connectivity index (χ3v) is 6.21. The average molecular weight is 487 g/mol. The number of carbonyl (C=O) groups is 1. The fourth-order valence-corrected chi connectivity index (χ4v) is 4.59. The van der Waals surface area contributed by atoms with Gasteiger partial charge in [0.1, 0.15) is 11.4 Å². The molecule has 1 aliphatic heterocycles. The summed E-state index contributed by atoms with van der Waals surface area (Å²) in [6.07, 6.45) is -0.512. The van der Waals surface area contributed by atoms with Crippen molar-refractivity contribution in [1.29, 1.82) is 0 Å². The number of anilines is 1. The first-order valence-electron chi connectivity index (χ1n) is 11.0. The number of alkyl carbamates (subject to hydrolysis) is 1. The van der Waals surface area contributed by atoms with Crippen molar-refractivity contribution in [3.63, 3.8) is 0 Å². The van der Waals surface area contributed by atoms with E-state index in [-0.39, 0.29) is 45.1 Å². The van der Waals surface area contributed by atoms with Gasteiger partial charge in [-0.2, -0.15) is 0 Å². The molecule has 12 heteroatoms. The van der Waals surface area contributed by atoms with Crippen molar-refractivity contribution < 1.29 is 23.5 Å². The lowest BCUT2D eigenvalue weighted by molar-refractivity contribution is 0.0518. The Kier molecular flexibility index (Phi) is 5.08. The zero-order valence-corrected chi connectivity index (χ0v) is 19.2. The maximum atomic E-state index is 15.0. The monoisotopic (exact) mass is 487 g/mol. The highest BCUT2D eigenvalue weighted by molar-refractivity contribution is 5.78. The number of hydrogen-bond acceptors (Lipinski definition) is 7. The Balaban J connectivity index is 1.47. The molecule has 2 aliphatic rings. The number of nitrogens with one attached hydrogen (secondary N) is 1. The number of hydrogen-bond donors (Lipinski definition) is 2. The highest BCUT2D eigenvalue weighted by Gasteiger charge is 2.57. The summed E-state index contributed by atoms with van der Waals surface area (Å²) in [4.78, 5) is 43.2. The maximum Gasteiger partial charge on any atom is 0.407 e. The van der Waals surface area contributed by atoms with Crippen LogP contribution in [-0.2, 0) is 4.74 Å². The minimum Gasteiger partial charge on any atom is -0.444 e. The van der Waals surface area contributed by atoms with Crippen molar-refractivity contribution in [3.8, 4) is 5.69 Å². The lowest BCUT2D eigenvalue weighted by Gasteiger charge is -2.24. The number of benzene rings is 1. The predicted molar refractivity (Wildman–Crippen MR) is 121 cm³/mol. The summed E-state index contributed by atoms with van der Waals surface area (Å²) in [5.41, 5.74) is -2.89. The molecular weight excluding hydrogens is 464 g/mol. The highest BCUT2D eigenvalue weighted by atomic mass is 19.1. The van der Waals surface area contributed by atoms with Gasteiger partial charge >= 0.3 is 11.8 Å². The van der Waals surface area contributed by atoms with E-state index >= 15 is 4.39 Å². The summed E-state index contributed by atoms with van der Waals surface area (Å²) >= 11 is 0. The quantitative estimate of drug-likeness (QED) is 0.543. The number of aromatic nitrogens is 3. The molecule has 2 N–H and O–H groups in total. The third kappa shape index (κ3) is 3.98. The number of amides is 1. The molecule has 0 bridgehead atoms. The van der Waals surface area contributed by atoms with E-state index in [1.54, 1.807) is 25.7 Å². The van der Waals surface area contributed by atoms with Crippen LogP contribution in [0.15, 0.2) is 39.9 Å². The first kappa shape index (κ1) is 22.8. The predicted octanol–water partition coefficient (Wildman–Crippen LogP) is 2.02. The van der Waals surface area contributed by atoms with Gasteiger partial charge in [-0.3, -0.25) is 4.79 Å². The van der Waals surface area contributed by atoms with E-state index < -0.39 is 34.6 Å². The van der Waals surface area contributed by atoms with E-state index in [1.165, 1.54) is 12.1 Å². The standard InChI is InChI=1S/C23H23F2N5O5/c1-23(2,3)35-21(32)26-17-14-9-28(10-15(14)17)19-16(25)8-13-18(27-19)29(22(33)30(34)20(13)31)12-6-4-11(24)5-7-12/h4-8,14-15,17,34H,9-10H2,1-3H3,(H,26,32)/t14-,15+,17+. The summed E-state index contributed by atoms with van der Waals surface area (Å²) in [6.45, 7) is 6.12. The van der Waals surface area contributed by atoms with Crippen LogP contribution >= 0.6 is 0 Å². The van der Waals surface area contributed by atoms with Gasteiger partial charge in [0.05, 0.1) is 11.1 Å². The Morgan fingerprint density at radius 3 is 2.37 bits per heavy atom. The normalized spacial score (nSPS) is 21.2. The van der Waals surface area contributed by atoms with E-state index in [9.17, 15) is 24.0 Å². The molecule has 10 nitrogen and oxygen atoms in total. The van der Waals surface area contributed by atoms with Crippen LogP contribution in [0.1, 0.15) is 20.8 Å². The Bertz CT molecular complexity index is 1450. The molecule has 0 unspecified atom stereocenters. The van der Waals surface area contributed by atoms with E-state index in [1.807, 2.05) is 0 Å². The largest absolute Gasteiger partial charge is 0.444 e. The van der Waals surface area contributed by atoms with Crippen LogP contribution in [0.3, 0.4) is 0 Å². The first-order chi connectivity index (χ1) is 16.4. The Hall–Kier alpha value is -3.96. The van der Waals surface area contributed by atoms with Gasteiger partial charge in [-0.15, -0.1) is 0 Å². The van der Waals surface area contributed by atoms with Crippen LogP contribution in [-0.4, -0.2) is 50.3 Å². The molecule has 0 spiro atoms. The van der Waals surface area contributed by atoms with E-state index in [4.69, 9.17) is 4.74 Å². The lowest BCUT2D eigenvalue weighted by atomic mass is 10.2. The number of fused-ring (bicyclic) bond motifs is 2. The average Bonchev–Trinajstić information content (AvgIpc) is 3.20. The van der Waals surface area contributed by atoms with E-state index in [0.29, 0.717) is 13.1 Å². The van der Waals surface area contributed by atoms with Crippen LogP contribution < -0.4 is 21.5 Å². The number of carbonyl (C=O) groups excluding carboxylic acids is 1. The molecule has 1 aliphatic carbocycles. The van der Waals surface area contributed by atoms with Crippen LogP contribution in [0.25, 0.3) is 16.7 Å². The van der Waals surface area contributed by atoms with Crippen LogP contribution in [0.2, 0.25) is 0 Å². The van der Waals surface area contributed by atoms with Crippen LogP contribution in [0.5, 0.6) is 0 Å². The van der Waals surface area contributed by atoms with Crippen molar-refractivity contribution in [2.45, 2.75) is 32.4 Å². The van der Waals surface area contributed by atoms with Gasteiger partial charge < -0.3 is 20.2 Å². The molecule has 1 aromatic carbocycles. The van der Waals surface area contributed by atoms with Crippen LogP contribution in [0.4, 0.5) is 19.4 Å². The molecule has 3 atom stereocenters. The number of pyridine rings is 1. The topological polar surface area (TPSA) is 119 Å². The van der Waals surface area contributed by atoms with Crippen LogP contribution in [0, 0.1) is 23.5 Å². The van der Waals surface area contributed by atoms with Gasteiger partial charge in [-0.1, -0.05) is 4.73 Å². The second-order valence-corrected chi connectivity index (χ2v) is 9.78. The second-order valence-electron chi connectivity index (χ2n) is 9.78. The summed E-state index contributed by atoms with van der Waals surface area (Å²) in [5.74, 6) is -1.26. The SMILES string of the molecule is CC(C)(C)OC(=O)N[C@H]1[C@@H]2CN(c3nc4c(cc3F)c(=O)n(O)c(=O)n4-c3ccc(F)cc3)C[C@@H]21. The minimum absolute atomic E-state index is 0.0638. The summed E-state index contributed by atoms with van der Waals surface area (Å²) in [7, 11) is 0. The molecular formula is C23H23F2N5O5. The van der Waals surface area contributed by atoms with Gasteiger partial charge in [-0.25, -0.2) is 27.9 Å². The maximum absolute atomic E-state index is 15.0. The number of piperidine rings is 1. The van der Waals surface area contributed by atoms with Crippen molar-refractivity contribution in [2.24, 2.45) is 11.8 Å². The molecule has 5 rings (SSSR count). The zero-order chi connectivity index (χ0) is 25.2. The molecule has 3 aromatic rings. The fourth-order valence-electron chi connectivity index (χ4n) is 4.59. The molecule has 0 radical (unpaired) electrons. The molecule has 1 amide bonds. The van der Waals surface area contributed by atoms with Gasteiger partial charge in [0, 0.05) is 31.0 Å². The fraction of sp³-hybridized carbons (Fsp3) is 0.391. The molecule has 2 fully saturated rings. The molecule has 35 heavy (non-hydrogen) atoms. The molecule has 2 aromatic heterocycles. The van der Waals surface area contributed by atoms with Gasteiger partial charge in [0.15, 0.2) is 17.3 Å². The number of halogens is 2. The van der Waals surface area contributed by atoms with E-state index in [2.05, 4.69) is 10.3 Å². The van der Waals surface area contributed by atoms with Crippen molar-refractivity contribution in [2.75, 3.05) is 18.0 Å². The van der Waals surface area contributed by atoms with Crippen molar-refractivity contribution in [3.05, 3.63) is 62.8 Å². The Morgan fingerprint density at radius 2 is 1.77 bits per heavy atom. The van der Waals surface area contributed by atoms with Gasteiger partial charge in [-0.05, 0) is 51.1 Å². The van der Waals surface area contributed by atoms with E-state index in [0.717, 1.165) is 22.8 Å². The third-order valence-electron chi connectivity index (χ3n) is 6.21. The molecule has 184 valence electrons. The van der Waals surface area contributed by atoms with Gasteiger partial charge in [0.2, 0.25) is 0 Å². The minimum atomic E-state index is -1.12. The van der Waals surface area contributed by atoms with Crippen molar-refractivity contribution >= 4 is 22.9 Å². The van der Waals surface area contributed by atoms with Crippen molar-refractivity contribution in [1.82, 2.24) is 19.6 Å². The first-order valence-corrected chi connectivity index (χ1v) is 11.0. The lowest BCUT2D eigenvalue weighted by Crippen LogP contribution is -2.39. The smallest absolute Gasteiger partial charge is 0.407 e. The number of ether oxygens (including phenoxy) is 1. The molecule has 1 saturated carbocycles. The Labute approximate surface area is 197 Å². The van der Waals surface area contributed by atoms with Gasteiger partial charge in [0.25, 0.3) is 5.56 Å². The number of rotatable bonds is 3. The highest BCUT2D eigenvalue weighted by Crippen LogP contribution is 2.47. The summed E-state index contributed by atoms with van der Waals surface area (Å²) < 4.78 is 34.5. The Morgan fingerprint density at radius 1 is 1.14 bits per heavy atom. The molecule has 3 heterocycles. The number of nitrogens with zero attached hydrogens (tertiary/aromatic N) is 4. The zero-order valence-electron chi connectivity index (χ0n) is 19.2. The summed E-state index contributed by atoms with van der Waals surface area (Å²) in [6, 6.07) is 5.61. The second kappa shape index (κ2) is 7.79.